The number of aryl methyl sites for hydroxylation is 1. The zero-order valence-electron chi connectivity index (χ0n) is 5.39. The summed E-state index contributed by atoms with van der Waals surface area (Å²) in [4.78, 5) is 0. The molecule has 4 atom stereocenters. The summed E-state index contributed by atoms with van der Waals surface area (Å²) in [6.07, 6.45) is 0. The van der Waals surface area contributed by atoms with E-state index in [-0.39, 0.29) is 7.30 Å². The maximum absolute atomic E-state index is 3.89. The van der Waals surface area contributed by atoms with E-state index in [2.05, 4.69) is 33.4 Å². The van der Waals surface area contributed by atoms with Crippen molar-refractivity contribution in [2.75, 3.05) is 0 Å². The zero-order chi connectivity index (χ0) is 7.56. The molecule has 0 saturated carbocycles. The van der Waals surface area contributed by atoms with Gasteiger partial charge in [-0.3, -0.25) is 0 Å². The van der Waals surface area contributed by atoms with Crippen LogP contribution in [-0.4, -0.2) is 20.2 Å². The third-order valence-corrected chi connectivity index (χ3v) is 10.7. The van der Waals surface area contributed by atoms with Gasteiger partial charge in [-0.05, 0) is 10.4 Å². The Morgan fingerprint density at radius 3 is 2.80 bits per heavy atom. The van der Waals surface area contributed by atoms with Gasteiger partial charge in [0.1, 0.15) is 0 Å². The first-order chi connectivity index (χ1) is 4.75. The van der Waals surface area contributed by atoms with Crippen LogP contribution in [0.15, 0.2) is 0 Å². The van der Waals surface area contributed by atoms with Crippen LogP contribution in [-0.2, 0) is 7.05 Å². The Morgan fingerprint density at radius 1 is 1.70 bits per heavy atom. The van der Waals surface area contributed by atoms with E-state index in [0.29, 0.717) is 0 Å². The molecule has 4 unspecified atom stereocenters. The van der Waals surface area contributed by atoms with Gasteiger partial charge in [-0.2, -0.15) is 0 Å². The third-order valence-electron chi connectivity index (χ3n) is 0.952. The molecule has 0 aliphatic carbocycles. The lowest BCUT2D eigenvalue weighted by atomic mass is 11.2. The molecule has 1 aromatic rings. The highest BCUT2D eigenvalue weighted by Gasteiger charge is 2.08. The molecule has 56 valence electrons. The van der Waals surface area contributed by atoms with E-state index in [1.54, 1.807) is 4.68 Å². The fourth-order valence-corrected chi connectivity index (χ4v) is 3.70. The Kier molecular flexibility index (Phi) is 3.53. The van der Waals surface area contributed by atoms with Crippen molar-refractivity contribution in [2.45, 2.75) is 0 Å². The van der Waals surface area contributed by atoms with E-state index in [1.165, 1.54) is 0 Å². The van der Waals surface area contributed by atoms with Crippen LogP contribution in [0.3, 0.4) is 0 Å². The quantitative estimate of drug-likeness (QED) is 0.670. The first kappa shape index (κ1) is 8.88. The number of tetrazole rings is 1. The van der Waals surface area contributed by atoms with Gasteiger partial charge >= 0.3 is 0 Å². The molecule has 0 saturated heterocycles. The summed E-state index contributed by atoms with van der Waals surface area (Å²) >= 11 is 0. The molecule has 0 bridgehead atoms. The summed E-state index contributed by atoms with van der Waals surface area (Å²) < 4.78 is 1.72. The van der Waals surface area contributed by atoms with Crippen molar-refractivity contribution in [1.82, 2.24) is 20.2 Å². The van der Waals surface area contributed by atoms with E-state index in [9.17, 15) is 0 Å². The number of nitrogens with zero attached hydrogens (tertiary/aromatic N) is 4. The van der Waals surface area contributed by atoms with Crippen LogP contribution in [0.2, 0.25) is 0 Å². The number of aromatic nitrogens is 4. The average molecular weight is 212 g/mol. The van der Waals surface area contributed by atoms with Crippen LogP contribution in [0, 0.1) is 0 Å². The summed E-state index contributed by atoms with van der Waals surface area (Å²) in [5.74, 6) is 0. The molecule has 0 radical (unpaired) electrons. The van der Waals surface area contributed by atoms with Gasteiger partial charge in [-0.25, -0.2) is 4.68 Å². The maximum Gasteiger partial charge on any atom is 0.181 e. The van der Waals surface area contributed by atoms with Gasteiger partial charge in [0.05, 0.1) is 0 Å². The predicted molar refractivity (Wildman–Crippen MR) is 53.1 cm³/mol. The Morgan fingerprint density at radius 2 is 2.40 bits per heavy atom. The monoisotopic (exact) mass is 212 g/mol. The van der Waals surface area contributed by atoms with Crippen LogP contribution < -0.4 is 5.57 Å². The van der Waals surface area contributed by atoms with Gasteiger partial charge in [0, 0.05) is 14.3 Å². The topological polar surface area (TPSA) is 43.6 Å². The minimum absolute atomic E-state index is 0.223. The summed E-state index contributed by atoms with van der Waals surface area (Å²) in [6.45, 7) is 0. The normalized spacial score (nSPS) is 14.7. The molecule has 4 nitrogen and oxygen atoms in total. The van der Waals surface area contributed by atoms with Gasteiger partial charge in [-0.15, -0.1) is 14.0 Å². The van der Waals surface area contributed by atoms with Crippen LogP contribution in [0.4, 0.5) is 0 Å². The van der Waals surface area contributed by atoms with E-state index in [1.807, 2.05) is 7.05 Å². The molecular weight excluding hydrogens is 204 g/mol. The first-order valence-corrected chi connectivity index (χ1v) is 9.10. The highest BCUT2D eigenvalue weighted by atomic mass is 32.6. The van der Waals surface area contributed by atoms with Gasteiger partial charge in [0.25, 0.3) is 0 Å². The maximum atomic E-state index is 3.89. The number of rotatable bonds is 2. The molecule has 0 aromatic carbocycles. The molecule has 1 rings (SSSR count). The van der Waals surface area contributed by atoms with Gasteiger partial charge < -0.3 is 0 Å². The fourth-order valence-electron chi connectivity index (χ4n) is 0.487. The van der Waals surface area contributed by atoms with Crippen molar-refractivity contribution in [3.63, 3.8) is 0 Å². The molecule has 10 heavy (non-hydrogen) atoms. The summed E-state index contributed by atoms with van der Waals surface area (Å²) in [5, 5.41) is 11.2. The van der Waals surface area contributed by atoms with Gasteiger partial charge in [0.2, 0.25) is 0 Å². The molecular formula is C2H8N4P4. The third kappa shape index (κ3) is 1.89. The predicted octanol–water partition coefficient (Wildman–Crippen LogP) is 0.491. The van der Waals surface area contributed by atoms with E-state index >= 15 is 0 Å². The zero-order valence-corrected chi connectivity index (χ0v) is 9.59. The molecule has 8 heteroatoms. The van der Waals surface area contributed by atoms with Crippen LogP contribution in [0.25, 0.3) is 0 Å². The lowest BCUT2D eigenvalue weighted by Crippen LogP contribution is -2.11. The van der Waals surface area contributed by atoms with E-state index in [4.69, 9.17) is 0 Å². The highest BCUT2D eigenvalue weighted by molar-refractivity contribution is 8.63. The van der Waals surface area contributed by atoms with Gasteiger partial charge in [0.15, 0.2) is 5.57 Å². The molecule has 0 fully saturated rings. The van der Waals surface area contributed by atoms with Crippen molar-refractivity contribution in [3.05, 3.63) is 0 Å². The molecule has 0 N–H and O–H groups in total. The summed E-state index contributed by atoms with van der Waals surface area (Å²) in [5.41, 5.74) is 0.980. The first-order valence-electron chi connectivity index (χ1n) is 2.49. The Balaban J connectivity index is 2.82. The smallest absolute Gasteiger partial charge is 0.181 e. The van der Waals surface area contributed by atoms with Crippen molar-refractivity contribution in [2.24, 2.45) is 7.05 Å². The lowest BCUT2D eigenvalue weighted by Gasteiger charge is -2.03. The van der Waals surface area contributed by atoms with Gasteiger partial charge in [-0.1, -0.05) is 16.9 Å². The molecule has 0 amide bonds. The van der Waals surface area contributed by atoms with Crippen molar-refractivity contribution in [3.8, 4) is 0 Å². The second-order valence-electron chi connectivity index (χ2n) is 1.60. The average Bonchev–Trinajstić information content (AvgIpc) is 2.34. The summed E-state index contributed by atoms with van der Waals surface area (Å²) in [7, 11) is 7.92. The minimum atomic E-state index is -0.223. The SMILES string of the molecule is Cn1nnnc1P(P)PP. The Bertz CT molecular complexity index is 211. The van der Waals surface area contributed by atoms with Crippen molar-refractivity contribution < 1.29 is 0 Å². The van der Waals surface area contributed by atoms with Crippen LogP contribution in [0.1, 0.15) is 0 Å². The number of hydrogen-bond donors (Lipinski definition) is 0. The second-order valence-corrected chi connectivity index (χ2v) is 10.6. The van der Waals surface area contributed by atoms with Crippen LogP contribution in [0.5, 0.6) is 0 Å². The molecule has 0 aliphatic heterocycles. The molecule has 0 spiro atoms. The van der Waals surface area contributed by atoms with Crippen molar-refractivity contribution in [1.29, 1.82) is 0 Å². The molecule has 0 aliphatic rings. The lowest BCUT2D eigenvalue weighted by molar-refractivity contribution is 0.721. The van der Waals surface area contributed by atoms with E-state index in [0.717, 1.165) is 13.5 Å². The molecule has 1 aromatic heterocycles. The second kappa shape index (κ2) is 3.98. The van der Waals surface area contributed by atoms with E-state index < -0.39 is 0 Å². The minimum Gasteiger partial charge on any atom is -0.228 e. The number of hydrogen-bond acceptors (Lipinski definition) is 3. The van der Waals surface area contributed by atoms with Crippen LogP contribution >= 0.6 is 33.1 Å². The largest absolute Gasteiger partial charge is 0.228 e. The standard InChI is InChI=1S/C2H8N4P4/c1-6-2(3-4-5-6)10(8)9-7/h9H,7-8H2,1H3. The molecule has 1 heterocycles. The van der Waals surface area contributed by atoms with Crippen molar-refractivity contribution >= 4 is 38.7 Å². The Labute approximate surface area is 66.5 Å². The summed E-state index contributed by atoms with van der Waals surface area (Å²) in [6, 6.07) is 0. The highest BCUT2D eigenvalue weighted by Crippen LogP contribution is 2.64. The fraction of sp³-hybridized carbons (Fsp3) is 0.500. The Hall–Kier alpha value is 0.790.